The number of amides is 1. The second-order valence-electron chi connectivity index (χ2n) is 7.76. The fourth-order valence-corrected chi connectivity index (χ4v) is 5.56. The van der Waals surface area contributed by atoms with Crippen LogP contribution in [-0.4, -0.2) is 43.0 Å². The van der Waals surface area contributed by atoms with Crippen molar-refractivity contribution in [1.82, 2.24) is 4.98 Å². The predicted octanol–water partition coefficient (Wildman–Crippen LogP) is 5.62. The number of thioether (sulfide) groups is 1. The lowest BCUT2D eigenvalue weighted by Gasteiger charge is -2.23. The van der Waals surface area contributed by atoms with Gasteiger partial charge >= 0.3 is 0 Å². The number of methoxy groups -OCH3 is 1. The summed E-state index contributed by atoms with van der Waals surface area (Å²) < 4.78 is 12.2. The van der Waals surface area contributed by atoms with Crippen LogP contribution >= 0.6 is 23.1 Å². The van der Waals surface area contributed by atoms with Crippen LogP contribution < -0.4 is 9.64 Å². The molecule has 1 atom stereocenters. The molecule has 1 amide bonds. The van der Waals surface area contributed by atoms with Gasteiger partial charge in [-0.3, -0.25) is 9.69 Å². The van der Waals surface area contributed by atoms with E-state index in [2.05, 4.69) is 26.0 Å². The average molecular weight is 457 g/mol. The second kappa shape index (κ2) is 10.0. The highest BCUT2D eigenvalue weighted by molar-refractivity contribution is 7.99. The Hall–Kier alpha value is -2.09. The van der Waals surface area contributed by atoms with E-state index >= 15 is 0 Å². The first-order chi connectivity index (χ1) is 15.0. The van der Waals surface area contributed by atoms with Gasteiger partial charge in [-0.2, -0.15) is 0 Å². The van der Waals surface area contributed by atoms with Gasteiger partial charge in [0, 0.05) is 23.7 Å². The van der Waals surface area contributed by atoms with E-state index in [9.17, 15) is 4.79 Å². The Labute approximate surface area is 191 Å². The van der Waals surface area contributed by atoms with E-state index in [0.29, 0.717) is 13.0 Å². The molecular formula is C24H28N2O3S2. The standard InChI is InChI=1S/C24H28N2O3S2/c1-16-6-11-21-23(17(16)2)25-24(31-21)26(15-19-5-4-13-29-19)22(27)12-14-30-20-9-7-18(28-3)8-10-20/h6-11,19H,4-5,12-15H2,1-3H3. The lowest BCUT2D eigenvalue weighted by molar-refractivity contribution is -0.118. The summed E-state index contributed by atoms with van der Waals surface area (Å²) in [7, 11) is 1.66. The van der Waals surface area contributed by atoms with Gasteiger partial charge in [-0.15, -0.1) is 11.8 Å². The number of aryl methyl sites for hydroxylation is 2. The van der Waals surface area contributed by atoms with E-state index in [0.717, 1.165) is 51.2 Å². The number of anilines is 1. The first kappa shape index (κ1) is 22.1. The van der Waals surface area contributed by atoms with E-state index < -0.39 is 0 Å². The normalized spacial score (nSPS) is 16.0. The van der Waals surface area contributed by atoms with Crippen LogP contribution in [0.25, 0.3) is 10.2 Å². The van der Waals surface area contributed by atoms with E-state index in [1.807, 2.05) is 29.2 Å². The van der Waals surface area contributed by atoms with Crippen LogP contribution in [0.3, 0.4) is 0 Å². The van der Waals surface area contributed by atoms with Crippen molar-refractivity contribution in [3.63, 3.8) is 0 Å². The molecule has 1 unspecified atom stereocenters. The number of hydrogen-bond donors (Lipinski definition) is 0. The maximum Gasteiger partial charge on any atom is 0.229 e. The highest BCUT2D eigenvalue weighted by atomic mass is 32.2. The number of carbonyl (C=O) groups excluding carboxylic acids is 1. The van der Waals surface area contributed by atoms with Crippen molar-refractivity contribution < 1.29 is 14.3 Å². The molecule has 7 heteroatoms. The zero-order valence-corrected chi connectivity index (χ0v) is 19.9. The van der Waals surface area contributed by atoms with Crippen molar-refractivity contribution in [2.24, 2.45) is 0 Å². The SMILES string of the molecule is COc1ccc(SCCC(=O)N(CC2CCCO2)c2nc3c(C)c(C)ccc3s2)cc1. The number of rotatable bonds is 8. The first-order valence-electron chi connectivity index (χ1n) is 10.6. The zero-order chi connectivity index (χ0) is 21.8. The number of fused-ring (bicyclic) bond motifs is 1. The summed E-state index contributed by atoms with van der Waals surface area (Å²) in [4.78, 5) is 21.1. The predicted molar refractivity (Wildman–Crippen MR) is 129 cm³/mol. The fraction of sp³-hybridized carbons (Fsp3) is 0.417. The quantitative estimate of drug-likeness (QED) is 0.412. The monoisotopic (exact) mass is 456 g/mol. The van der Waals surface area contributed by atoms with Crippen LogP contribution in [0, 0.1) is 13.8 Å². The van der Waals surface area contributed by atoms with Crippen LogP contribution in [0.4, 0.5) is 5.13 Å². The van der Waals surface area contributed by atoms with E-state index in [-0.39, 0.29) is 12.0 Å². The largest absolute Gasteiger partial charge is 0.497 e. The molecule has 1 aromatic heterocycles. The molecule has 0 aliphatic carbocycles. The van der Waals surface area contributed by atoms with E-state index in [4.69, 9.17) is 14.5 Å². The molecule has 164 valence electrons. The lowest BCUT2D eigenvalue weighted by Crippen LogP contribution is -2.37. The summed E-state index contributed by atoms with van der Waals surface area (Å²) in [5.74, 6) is 1.66. The molecule has 1 aliphatic heterocycles. The number of ether oxygens (including phenoxy) is 2. The summed E-state index contributed by atoms with van der Waals surface area (Å²) in [5, 5.41) is 0.777. The van der Waals surface area contributed by atoms with Gasteiger partial charge in [0.2, 0.25) is 5.91 Å². The van der Waals surface area contributed by atoms with Gasteiger partial charge in [0.1, 0.15) is 5.75 Å². The molecule has 1 fully saturated rings. The van der Waals surface area contributed by atoms with Crippen LogP contribution in [0.15, 0.2) is 41.3 Å². The van der Waals surface area contributed by atoms with Gasteiger partial charge in [0.15, 0.2) is 5.13 Å². The summed E-state index contributed by atoms with van der Waals surface area (Å²) in [6.07, 6.45) is 2.59. The van der Waals surface area contributed by atoms with Crippen molar-refractivity contribution in [3.8, 4) is 5.75 Å². The van der Waals surface area contributed by atoms with Gasteiger partial charge in [0.05, 0.1) is 30.0 Å². The Bertz CT molecular complexity index is 1040. The second-order valence-corrected chi connectivity index (χ2v) is 9.94. The number of nitrogens with zero attached hydrogens (tertiary/aromatic N) is 2. The average Bonchev–Trinajstić information content (AvgIpc) is 3.45. The first-order valence-corrected chi connectivity index (χ1v) is 12.4. The minimum Gasteiger partial charge on any atom is -0.497 e. The molecule has 0 spiro atoms. The Morgan fingerprint density at radius 1 is 1.26 bits per heavy atom. The van der Waals surface area contributed by atoms with Gasteiger partial charge in [-0.25, -0.2) is 4.98 Å². The minimum atomic E-state index is 0.0908. The molecule has 2 aromatic carbocycles. The van der Waals surface area contributed by atoms with Crippen LogP contribution in [0.1, 0.15) is 30.4 Å². The number of thiazole rings is 1. The molecule has 5 nitrogen and oxygen atoms in total. The zero-order valence-electron chi connectivity index (χ0n) is 18.2. The fourth-order valence-electron chi connectivity index (χ4n) is 3.67. The van der Waals surface area contributed by atoms with Gasteiger partial charge in [0.25, 0.3) is 0 Å². The molecule has 2 heterocycles. The number of hydrogen-bond acceptors (Lipinski definition) is 6. The third-order valence-electron chi connectivity index (χ3n) is 5.66. The third kappa shape index (κ3) is 5.22. The van der Waals surface area contributed by atoms with Crippen molar-refractivity contribution in [2.45, 2.75) is 44.1 Å². The molecule has 4 rings (SSSR count). The van der Waals surface area contributed by atoms with Crippen molar-refractivity contribution in [2.75, 3.05) is 30.9 Å². The summed E-state index contributed by atoms with van der Waals surface area (Å²) in [6.45, 7) is 5.54. The van der Waals surface area contributed by atoms with Crippen molar-refractivity contribution >= 4 is 44.4 Å². The molecule has 0 radical (unpaired) electrons. The van der Waals surface area contributed by atoms with Gasteiger partial charge in [-0.05, 0) is 68.1 Å². The van der Waals surface area contributed by atoms with E-state index in [1.54, 1.807) is 30.2 Å². The topological polar surface area (TPSA) is 51.7 Å². The Morgan fingerprint density at radius 2 is 2.06 bits per heavy atom. The van der Waals surface area contributed by atoms with Gasteiger partial charge < -0.3 is 9.47 Å². The maximum absolute atomic E-state index is 13.3. The number of benzene rings is 2. The van der Waals surface area contributed by atoms with Gasteiger partial charge in [-0.1, -0.05) is 17.4 Å². The Morgan fingerprint density at radius 3 is 2.77 bits per heavy atom. The molecule has 0 saturated carbocycles. The molecule has 1 aliphatic rings. The molecule has 0 N–H and O–H groups in total. The molecule has 3 aromatic rings. The minimum absolute atomic E-state index is 0.0908. The number of aromatic nitrogens is 1. The summed E-state index contributed by atoms with van der Waals surface area (Å²) in [6, 6.07) is 12.2. The summed E-state index contributed by atoms with van der Waals surface area (Å²) >= 11 is 3.27. The molecular weight excluding hydrogens is 428 g/mol. The van der Waals surface area contributed by atoms with Crippen LogP contribution in [0.5, 0.6) is 5.75 Å². The molecule has 0 bridgehead atoms. The third-order valence-corrected chi connectivity index (χ3v) is 7.72. The smallest absolute Gasteiger partial charge is 0.229 e. The maximum atomic E-state index is 13.3. The molecule has 31 heavy (non-hydrogen) atoms. The van der Waals surface area contributed by atoms with Crippen molar-refractivity contribution in [1.29, 1.82) is 0 Å². The highest BCUT2D eigenvalue weighted by Crippen LogP contribution is 2.33. The van der Waals surface area contributed by atoms with Crippen LogP contribution in [0.2, 0.25) is 0 Å². The van der Waals surface area contributed by atoms with E-state index in [1.165, 1.54) is 11.1 Å². The number of carbonyl (C=O) groups is 1. The Kier molecular flexibility index (Phi) is 7.15. The highest BCUT2D eigenvalue weighted by Gasteiger charge is 2.26. The van der Waals surface area contributed by atoms with Crippen LogP contribution in [-0.2, 0) is 9.53 Å². The summed E-state index contributed by atoms with van der Waals surface area (Å²) in [5.41, 5.74) is 3.40. The molecule has 1 saturated heterocycles. The van der Waals surface area contributed by atoms with Crippen molar-refractivity contribution in [3.05, 3.63) is 47.5 Å². The Balaban J connectivity index is 1.48. The lowest BCUT2D eigenvalue weighted by atomic mass is 10.1.